The van der Waals surface area contributed by atoms with Crippen molar-refractivity contribution in [1.29, 1.82) is 0 Å². The van der Waals surface area contributed by atoms with Crippen LogP contribution >= 0.6 is 11.3 Å². The highest BCUT2D eigenvalue weighted by atomic mass is 32.1. The maximum Gasteiger partial charge on any atom is 0.573 e. The minimum Gasteiger partial charge on any atom is -0.406 e. The summed E-state index contributed by atoms with van der Waals surface area (Å²) in [6, 6.07) is 8.63. The Morgan fingerprint density at radius 1 is 1.12 bits per heavy atom. The van der Waals surface area contributed by atoms with Crippen LogP contribution in [0.1, 0.15) is 35.0 Å². The van der Waals surface area contributed by atoms with Crippen molar-refractivity contribution in [3.8, 4) is 5.75 Å². The molecule has 0 saturated carbocycles. The van der Waals surface area contributed by atoms with E-state index in [4.69, 9.17) is 0 Å². The summed E-state index contributed by atoms with van der Waals surface area (Å²) in [6.07, 6.45) is 0.863. The zero-order valence-corrected chi connectivity index (χ0v) is 22.8. The van der Waals surface area contributed by atoms with E-state index in [1.165, 1.54) is 29.5 Å². The van der Waals surface area contributed by atoms with Crippen molar-refractivity contribution in [2.75, 3.05) is 28.6 Å². The minimum atomic E-state index is -4.81. The number of aliphatic hydroxyl groups is 1. The SMILES string of the molecule is O=C(Cc1cccc(OC(F)(F)F)c1)Nc1ccc(N2CCC(c3nnc(NC(O)Cc4cnccn4)s3)CC2)nn1. The minimum absolute atomic E-state index is 0.157. The Hall–Kier alpha value is -4.44. The van der Waals surface area contributed by atoms with Crippen molar-refractivity contribution >= 4 is 34.0 Å². The van der Waals surface area contributed by atoms with Crippen LogP contribution in [-0.4, -0.2) is 67.1 Å². The quantitative estimate of drug-likeness (QED) is 0.229. The first-order valence-electron chi connectivity index (χ1n) is 13.0. The number of hydrogen-bond donors (Lipinski definition) is 3. The van der Waals surface area contributed by atoms with Gasteiger partial charge < -0.3 is 25.4 Å². The van der Waals surface area contributed by atoms with Crippen molar-refractivity contribution in [2.24, 2.45) is 0 Å². The monoisotopic (exact) mass is 601 g/mol. The lowest BCUT2D eigenvalue weighted by Gasteiger charge is -2.31. The van der Waals surface area contributed by atoms with E-state index in [-0.39, 0.29) is 18.2 Å². The molecule has 1 fully saturated rings. The molecule has 4 aromatic rings. The van der Waals surface area contributed by atoms with E-state index in [9.17, 15) is 23.1 Å². The first kappa shape index (κ1) is 29.1. The molecule has 0 bridgehead atoms. The van der Waals surface area contributed by atoms with Gasteiger partial charge in [0.15, 0.2) is 11.6 Å². The van der Waals surface area contributed by atoms with Crippen LogP contribution < -0.4 is 20.3 Å². The predicted molar refractivity (Wildman–Crippen MR) is 147 cm³/mol. The topological polar surface area (TPSA) is 151 Å². The van der Waals surface area contributed by atoms with Crippen LogP contribution in [0.2, 0.25) is 0 Å². The first-order chi connectivity index (χ1) is 20.2. The van der Waals surface area contributed by atoms with E-state index in [0.717, 1.165) is 37.0 Å². The summed E-state index contributed by atoms with van der Waals surface area (Å²) < 4.78 is 41.2. The largest absolute Gasteiger partial charge is 0.573 e. The van der Waals surface area contributed by atoms with Crippen LogP contribution in [0.5, 0.6) is 5.75 Å². The van der Waals surface area contributed by atoms with E-state index in [0.29, 0.717) is 28.6 Å². The zero-order valence-electron chi connectivity index (χ0n) is 22.0. The fourth-order valence-electron chi connectivity index (χ4n) is 4.43. The van der Waals surface area contributed by atoms with Gasteiger partial charge in [-0.25, -0.2) is 0 Å². The number of piperidine rings is 1. The molecular formula is C26H26F3N9O3S. The average molecular weight is 602 g/mol. The molecule has 1 aliphatic heterocycles. The summed E-state index contributed by atoms with van der Waals surface area (Å²) in [7, 11) is 0. The average Bonchev–Trinajstić information content (AvgIpc) is 3.41. The highest BCUT2D eigenvalue weighted by molar-refractivity contribution is 7.15. The van der Waals surface area contributed by atoms with E-state index >= 15 is 0 Å². The van der Waals surface area contributed by atoms with Gasteiger partial charge in [-0.3, -0.25) is 14.8 Å². The Labute approximate surface area is 242 Å². The summed E-state index contributed by atoms with van der Waals surface area (Å²) >= 11 is 1.41. The highest BCUT2D eigenvalue weighted by Gasteiger charge is 2.31. The van der Waals surface area contributed by atoms with Crippen molar-refractivity contribution in [1.82, 2.24) is 30.4 Å². The van der Waals surface area contributed by atoms with Gasteiger partial charge in [0.1, 0.15) is 17.0 Å². The van der Waals surface area contributed by atoms with Gasteiger partial charge in [0, 0.05) is 44.0 Å². The third-order valence-electron chi connectivity index (χ3n) is 6.33. The number of anilines is 3. The van der Waals surface area contributed by atoms with E-state index in [1.54, 1.807) is 30.7 Å². The molecule has 1 amide bonds. The number of nitrogens with zero attached hydrogens (tertiary/aromatic N) is 7. The Bertz CT molecular complexity index is 1470. The number of ether oxygens (including phenoxy) is 1. The molecule has 1 aliphatic rings. The van der Waals surface area contributed by atoms with Crippen molar-refractivity contribution < 1.29 is 27.8 Å². The molecule has 12 nitrogen and oxygen atoms in total. The van der Waals surface area contributed by atoms with Gasteiger partial charge in [-0.2, -0.15) is 0 Å². The van der Waals surface area contributed by atoms with Crippen LogP contribution in [0.3, 0.4) is 0 Å². The van der Waals surface area contributed by atoms with Crippen molar-refractivity contribution in [3.05, 3.63) is 71.3 Å². The standard InChI is InChI=1S/C26H26F3N9O3S/c27-26(28,29)41-19-3-1-2-16(12-19)13-22(39)32-20-4-5-21(35-34-20)38-10-6-17(7-11-38)24-36-37-25(42-24)33-23(40)14-18-15-30-8-9-31-18/h1-5,8-9,12,15,17,23,40H,6-7,10-11,13-14H2,(H,33,37)(H,32,34,39). The lowest BCUT2D eigenvalue weighted by molar-refractivity contribution is -0.274. The van der Waals surface area contributed by atoms with Crippen molar-refractivity contribution in [3.63, 3.8) is 0 Å². The second-order valence-corrected chi connectivity index (χ2v) is 10.5. The molecule has 16 heteroatoms. The molecule has 1 aromatic carbocycles. The summed E-state index contributed by atoms with van der Waals surface area (Å²) in [6.45, 7) is 1.44. The maximum absolute atomic E-state index is 12.4. The van der Waals surface area contributed by atoms with Gasteiger partial charge in [0.2, 0.25) is 11.0 Å². The van der Waals surface area contributed by atoms with Gasteiger partial charge in [0.05, 0.1) is 12.1 Å². The van der Waals surface area contributed by atoms with Crippen LogP contribution in [0.4, 0.5) is 29.9 Å². The van der Waals surface area contributed by atoms with Crippen LogP contribution in [0.25, 0.3) is 0 Å². The Balaban J connectivity index is 1.08. The molecule has 3 aromatic heterocycles. The predicted octanol–water partition coefficient (Wildman–Crippen LogP) is 3.55. The Morgan fingerprint density at radius 2 is 1.95 bits per heavy atom. The molecular weight excluding hydrogens is 575 g/mol. The van der Waals surface area contributed by atoms with Gasteiger partial charge in [-0.15, -0.1) is 33.6 Å². The second-order valence-electron chi connectivity index (χ2n) is 9.46. The Morgan fingerprint density at radius 3 is 2.67 bits per heavy atom. The number of aliphatic hydroxyl groups excluding tert-OH is 1. The van der Waals surface area contributed by atoms with Gasteiger partial charge >= 0.3 is 6.36 Å². The maximum atomic E-state index is 12.4. The lowest BCUT2D eigenvalue weighted by Crippen LogP contribution is -2.33. The third kappa shape index (κ3) is 8.29. The fraction of sp³-hybridized carbons (Fsp3) is 0.346. The lowest BCUT2D eigenvalue weighted by atomic mass is 9.98. The van der Waals surface area contributed by atoms with Gasteiger partial charge in [-0.1, -0.05) is 23.5 Å². The molecule has 0 spiro atoms. The number of rotatable bonds is 10. The van der Waals surface area contributed by atoms with Crippen LogP contribution in [0.15, 0.2) is 55.0 Å². The van der Waals surface area contributed by atoms with E-state index < -0.39 is 24.2 Å². The summed E-state index contributed by atoms with van der Waals surface area (Å²) in [5, 5.41) is 34.1. The van der Waals surface area contributed by atoms with Crippen LogP contribution in [0, 0.1) is 0 Å². The molecule has 1 atom stereocenters. The number of halogens is 3. The zero-order chi connectivity index (χ0) is 29.5. The molecule has 220 valence electrons. The highest BCUT2D eigenvalue weighted by Crippen LogP contribution is 2.33. The molecule has 5 rings (SSSR count). The van der Waals surface area contributed by atoms with Gasteiger partial charge in [-0.05, 0) is 42.7 Å². The molecule has 42 heavy (non-hydrogen) atoms. The Kier molecular flexibility index (Phi) is 9.02. The molecule has 1 unspecified atom stereocenters. The molecule has 4 heterocycles. The molecule has 3 N–H and O–H groups in total. The van der Waals surface area contributed by atoms with Gasteiger partial charge in [0.25, 0.3) is 0 Å². The fourth-order valence-corrected chi connectivity index (χ4v) is 5.38. The second kappa shape index (κ2) is 13.0. The van der Waals surface area contributed by atoms with E-state index in [1.807, 2.05) is 0 Å². The number of carbonyl (C=O) groups is 1. The number of hydrogen-bond acceptors (Lipinski definition) is 12. The molecule has 1 saturated heterocycles. The third-order valence-corrected chi connectivity index (χ3v) is 7.35. The van der Waals surface area contributed by atoms with E-state index in [2.05, 4.69) is 50.6 Å². The molecule has 0 aliphatic carbocycles. The van der Waals surface area contributed by atoms with Crippen LogP contribution in [-0.2, 0) is 17.6 Å². The number of amides is 1. The summed E-state index contributed by atoms with van der Waals surface area (Å²) in [4.78, 5) is 22.6. The number of nitrogens with one attached hydrogen (secondary N) is 2. The smallest absolute Gasteiger partial charge is 0.406 e. The number of carbonyl (C=O) groups excluding carboxylic acids is 1. The van der Waals surface area contributed by atoms with Crippen molar-refractivity contribution in [2.45, 2.75) is 44.2 Å². The number of benzene rings is 1. The number of alkyl halides is 3. The first-order valence-corrected chi connectivity index (χ1v) is 13.8. The summed E-state index contributed by atoms with van der Waals surface area (Å²) in [5.41, 5.74) is 1.02. The number of aromatic nitrogens is 6. The molecule has 0 radical (unpaired) electrons. The normalized spacial score (nSPS) is 14.8. The summed E-state index contributed by atoms with van der Waals surface area (Å²) in [5.74, 6) is 0.274.